The van der Waals surface area contributed by atoms with E-state index in [9.17, 15) is 14.7 Å². The summed E-state index contributed by atoms with van der Waals surface area (Å²) in [5.74, 6) is -0.518. The van der Waals surface area contributed by atoms with E-state index in [4.69, 9.17) is 9.47 Å². The van der Waals surface area contributed by atoms with E-state index in [1.54, 1.807) is 25.1 Å². The van der Waals surface area contributed by atoms with Crippen LogP contribution >= 0.6 is 0 Å². The molecule has 3 aromatic rings. The van der Waals surface area contributed by atoms with Crippen LogP contribution in [0.2, 0.25) is 0 Å². The first-order valence-electron chi connectivity index (χ1n) is 9.94. The maximum Gasteiger partial charge on any atom is 0.358 e. The third kappa shape index (κ3) is 4.64. The lowest BCUT2D eigenvalue weighted by Crippen LogP contribution is -2.32. The fraction of sp³-hybridized carbons (Fsp3) is 0.333. The molecule has 30 heavy (non-hydrogen) atoms. The Morgan fingerprint density at radius 3 is 2.40 bits per heavy atom. The Hall–Kier alpha value is -3.28. The van der Waals surface area contributed by atoms with Gasteiger partial charge in [-0.05, 0) is 36.1 Å². The van der Waals surface area contributed by atoms with E-state index in [0.29, 0.717) is 17.7 Å². The van der Waals surface area contributed by atoms with Crippen LogP contribution in [0, 0.1) is 5.41 Å². The van der Waals surface area contributed by atoms with E-state index in [2.05, 4.69) is 0 Å². The summed E-state index contributed by atoms with van der Waals surface area (Å²) >= 11 is 0. The Morgan fingerprint density at radius 2 is 1.77 bits per heavy atom. The van der Waals surface area contributed by atoms with Gasteiger partial charge in [0, 0.05) is 11.9 Å². The highest BCUT2D eigenvalue weighted by Crippen LogP contribution is 2.31. The second-order valence-corrected chi connectivity index (χ2v) is 8.35. The van der Waals surface area contributed by atoms with Crippen LogP contribution in [0.25, 0.3) is 10.8 Å². The fourth-order valence-electron chi connectivity index (χ4n) is 3.27. The van der Waals surface area contributed by atoms with Crippen LogP contribution < -0.4 is 10.3 Å². The maximum absolute atomic E-state index is 13.2. The van der Waals surface area contributed by atoms with Crippen LogP contribution in [-0.2, 0) is 17.9 Å². The van der Waals surface area contributed by atoms with E-state index in [1.165, 1.54) is 4.57 Å². The first kappa shape index (κ1) is 21.4. The van der Waals surface area contributed by atoms with Crippen LogP contribution in [0.15, 0.2) is 53.3 Å². The monoisotopic (exact) mass is 409 g/mol. The molecule has 0 atom stereocenters. The van der Waals surface area contributed by atoms with E-state index >= 15 is 0 Å². The van der Waals surface area contributed by atoms with Crippen molar-refractivity contribution in [1.29, 1.82) is 0 Å². The Bertz CT molecular complexity index is 1110. The molecule has 158 valence electrons. The number of aromatic hydroxyl groups is 1. The number of carbonyl (C=O) groups excluding carboxylic acids is 1. The molecule has 0 radical (unpaired) electrons. The molecule has 6 nitrogen and oxygen atoms in total. The molecular formula is C24H27NO5. The molecule has 0 spiro atoms. The highest BCUT2D eigenvalue weighted by molar-refractivity contribution is 5.99. The minimum atomic E-state index is -0.728. The Kier molecular flexibility index (Phi) is 6.15. The number of carbonyl (C=O) groups is 1. The smallest absolute Gasteiger partial charge is 0.358 e. The summed E-state index contributed by atoms with van der Waals surface area (Å²) in [6.07, 6.45) is 0. The minimum Gasteiger partial charge on any atom is -0.505 e. The minimum absolute atomic E-state index is 0.135. The largest absolute Gasteiger partial charge is 0.505 e. The summed E-state index contributed by atoms with van der Waals surface area (Å²) in [6, 6.07) is 14.6. The van der Waals surface area contributed by atoms with Crippen molar-refractivity contribution in [2.45, 2.75) is 40.8 Å². The first-order valence-corrected chi connectivity index (χ1v) is 9.94. The van der Waals surface area contributed by atoms with Crippen molar-refractivity contribution < 1.29 is 19.4 Å². The average Bonchev–Trinajstić information content (AvgIpc) is 2.70. The van der Waals surface area contributed by atoms with Gasteiger partial charge in [-0.25, -0.2) is 4.79 Å². The number of nitrogens with zero attached hydrogens (tertiary/aromatic N) is 1. The molecular weight excluding hydrogens is 382 g/mol. The molecule has 1 aromatic heterocycles. The molecule has 6 heteroatoms. The lowest BCUT2D eigenvalue weighted by Gasteiger charge is -2.23. The number of benzene rings is 2. The predicted octanol–water partition coefficient (Wildman–Crippen LogP) is 4.51. The van der Waals surface area contributed by atoms with Crippen LogP contribution in [-0.4, -0.2) is 22.2 Å². The summed E-state index contributed by atoms with van der Waals surface area (Å²) in [6.45, 7) is 8.29. The molecule has 0 unspecified atom stereocenters. The molecule has 0 fully saturated rings. The summed E-state index contributed by atoms with van der Waals surface area (Å²) in [5, 5.41) is 11.5. The Morgan fingerprint density at radius 1 is 1.07 bits per heavy atom. The topological polar surface area (TPSA) is 77.8 Å². The lowest BCUT2D eigenvalue weighted by molar-refractivity contribution is 0.0505. The molecule has 0 saturated carbocycles. The van der Waals surface area contributed by atoms with Gasteiger partial charge in [0.2, 0.25) is 0 Å². The predicted molar refractivity (Wildman–Crippen MR) is 116 cm³/mol. The quantitative estimate of drug-likeness (QED) is 0.606. The van der Waals surface area contributed by atoms with Gasteiger partial charge in [-0.2, -0.15) is 0 Å². The van der Waals surface area contributed by atoms with Gasteiger partial charge in [0.1, 0.15) is 12.4 Å². The molecule has 1 heterocycles. The van der Waals surface area contributed by atoms with Crippen molar-refractivity contribution in [2.24, 2.45) is 5.41 Å². The van der Waals surface area contributed by atoms with Gasteiger partial charge in [0.15, 0.2) is 11.4 Å². The zero-order valence-corrected chi connectivity index (χ0v) is 17.8. The number of hydrogen-bond donors (Lipinski definition) is 1. The molecule has 0 aliphatic rings. The third-order valence-corrected chi connectivity index (χ3v) is 4.57. The summed E-state index contributed by atoms with van der Waals surface area (Å²) < 4.78 is 12.2. The number of rotatable bonds is 6. The maximum atomic E-state index is 13.2. The average molecular weight is 409 g/mol. The highest BCUT2D eigenvalue weighted by Gasteiger charge is 2.26. The van der Waals surface area contributed by atoms with E-state index < -0.39 is 5.97 Å². The molecule has 1 N–H and O–H groups in total. The fourth-order valence-corrected chi connectivity index (χ4v) is 3.27. The molecule has 0 saturated heterocycles. The van der Waals surface area contributed by atoms with Crippen LogP contribution in [0.4, 0.5) is 0 Å². The molecule has 0 amide bonds. The normalized spacial score (nSPS) is 11.5. The first-order chi connectivity index (χ1) is 14.2. The summed E-state index contributed by atoms with van der Waals surface area (Å²) in [4.78, 5) is 25.8. The van der Waals surface area contributed by atoms with Crippen LogP contribution in [0.5, 0.6) is 11.5 Å². The van der Waals surface area contributed by atoms with E-state index in [1.807, 2.05) is 51.1 Å². The zero-order chi connectivity index (χ0) is 21.9. The number of fused-ring (bicyclic) bond motifs is 1. The van der Waals surface area contributed by atoms with Crippen LogP contribution in [0.3, 0.4) is 0 Å². The summed E-state index contributed by atoms with van der Waals surface area (Å²) in [7, 11) is 0. The Balaban J connectivity index is 2.10. The summed E-state index contributed by atoms with van der Waals surface area (Å²) in [5.41, 5.74) is 0.221. The lowest BCUT2D eigenvalue weighted by atomic mass is 9.96. The van der Waals surface area contributed by atoms with Crippen molar-refractivity contribution in [3.05, 3.63) is 70.1 Å². The van der Waals surface area contributed by atoms with Crippen molar-refractivity contribution in [3.8, 4) is 11.5 Å². The number of esters is 1. The Labute approximate surface area is 175 Å². The van der Waals surface area contributed by atoms with Crippen molar-refractivity contribution in [3.63, 3.8) is 0 Å². The highest BCUT2D eigenvalue weighted by atomic mass is 16.5. The van der Waals surface area contributed by atoms with Crippen LogP contribution in [0.1, 0.15) is 43.7 Å². The molecule has 0 bridgehead atoms. The van der Waals surface area contributed by atoms with Gasteiger partial charge in [0.05, 0.1) is 12.0 Å². The van der Waals surface area contributed by atoms with Gasteiger partial charge in [-0.3, -0.25) is 9.36 Å². The standard InChI is InChI=1S/C24H27NO5/c1-5-29-23(28)20-21(26)19-13-17(30-14-16-9-7-6-8-10-16)11-12-18(19)22(27)25(20)15-24(2,3)4/h6-13,26H,5,14-15H2,1-4H3. The number of aromatic nitrogens is 1. The van der Waals surface area contributed by atoms with E-state index in [-0.39, 0.29) is 41.0 Å². The van der Waals surface area contributed by atoms with Gasteiger partial charge < -0.3 is 14.6 Å². The van der Waals surface area contributed by atoms with Crippen molar-refractivity contribution >= 4 is 16.7 Å². The molecule has 0 aliphatic carbocycles. The van der Waals surface area contributed by atoms with Gasteiger partial charge in [-0.1, -0.05) is 51.1 Å². The number of pyridine rings is 1. The molecule has 2 aromatic carbocycles. The van der Waals surface area contributed by atoms with Gasteiger partial charge >= 0.3 is 5.97 Å². The third-order valence-electron chi connectivity index (χ3n) is 4.57. The zero-order valence-electron chi connectivity index (χ0n) is 17.8. The van der Waals surface area contributed by atoms with Gasteiger partial charge in [-0.15, -0.1) is 0 Å². The second-order valence-electron chi connectivity index (χ2n) is 8.35. The number of hydrogen-bond acceptors (Lipinski definition) is 5. The molecule has 3 rings (SSSR count). The second kappa shape index (κ2) is 8.61. The SMILES string of the molecule is CCOC(=O)c1c(O)c2cc(OCc3ccccc3)ccc2c(=O)n1CC(C)(C)C. The van der Waals surface area contributed by atoms with Crippen molar-refractivity contribution in [1.82, 2.24) is 4.57 Å². The van der Waals surface area contributed by atoms with Gasteiger partial charge in [0.25, 0.3) is 5.56 Å². The van der Waals surface area contributed by atoms with E-state index in [0.717, 1.165) is 5.56 Å². The van der Waals surface area contributed by atoms with Crippen molar-refractivity contribution in [2.75, 3.05) is 6.61 Å². The molecule has 0 aliphatic heterocycles. The number of ether oxygens (including phenoxy) is 2.